The molecule has 4 aliphatic rings. The molecule has 4 aliphatic carbocycles. The van der Waals surface area contributed by atoms with E-state index in [4.69, 9.17) is 9.94 Å². The van der Waals surface area contributed by atoms with E-state index in [9.17, 15) is 14.7 Å². The van der Waals surface area contributed by atoms with Crippen LogP contribution in [-0.2, 0) is 14.4 Å². The molecule has 0 saturated heterocycles. The smallest absolute Gasteiger partial charge is 0.344 e. The number of carbonyl (C=O) groups is 2. The van der Waals surface area contributed by atoms with Crippen molar-refractivity contribution in [2.75, 3.05) is 6.61 Å². The van der Waals surface area contributed by atoms with Crippen molar-refractivity contribution in [3.8, 4) is 0 Å². The molecule has 0 amide bonds. The highest BCUT2D eigenvalue weighted by atomic mass is 16.6. The van der Waals surface area contributed by atoms with Crippen molar-refractivity contribution in [2.24, 2.45) is 33.7 Å². The Hall–Kier alpha value is -1.69. The van der Waals surface area contributed by atoms with Gasteiger partial charge in [-0.3, -0.25) is 4.79 Å². The second-order valence-corrected chi connectivity index (χ2v) is 10.2. The molecule has 0 aromatic carbocycles. The van der Waals surface area contributed by atoms with Crippen molar-refractivity contribution in [3.05, 3.63) is 11.6 Å². The predicted octanol–water partition coefficient (Wildman–Crippen LogP) is 3.73. The molecule has 0 unspecified atom stereocenters. The maximum absolute atomic E-state index is 12.3. The number of Topliss-reactive ketones (excluding diaryl/α,β-unsaturated/α-hetero) is 1. The summed E-state index contributed by atoms with van der Waals surface area (Å²) >= 11 is 0. The summed E-state index contributed by atoms with van der Waals surface area (Å²) in [7, 11) is 0. The van der Waals surface area contributed by atoms with E-state index in [0.717, 1.165) is 50.7 Å². The molecule has 0 aliphatic heterocycles. The zero-order chi connectivity index (χ0) is 21.0. The molecule has 3 fully saturated rings. The number of carbonyl (C=O) groups excluding carboxylic acids is 1. The number of carboxylic acids is 1. The van der Waals surface area contributed by atoms with Crippen LogP contribution in [0.25, 0.3) is 0 Å². The van der Waals surface area contributed by atoms with Crippen LogP contribution < -0.4 is 0 Å². The summed E-state index contributed by atoms with van der Waals surface area (Å²) in [5.41, 5.74) is 0.903. The van der Waals surface area contributed by atoms with Crippen LogP contribution >= 0.6 is 0 Å². The second kappa shape index (κ2) is 6.93. The van der Waals surface area contributed by atoms with Crippen molar-refractivity contribution in [3.63, 3.8) is 0 Å². The van der Waals surface area contributed by atoms with Gasteiger partial charge in [0.15, 0.2) is 5.78 Å². The van der Waals surface area contributed by atoms with Crippen LogP contribution in [0.15, 0.2) is 16.8 Å². The number of hydrogen-bond donors (Lipinski definition) is 2. The van der Waals surface area contributed by atoms with Gasteiger partial charge in [-0.2, -0.15) is 0 Å². The zero-order valence-electron chi connectivity index (χ0n) is 17.7. The number of oxime groups is 1. The number of aliphatic hydroxyl groups is 1. The fraction of sp³-hybridized carbons (Fsp3) is 0.783. The lowest BCUT2D eigenvalue weighted by molar-refractivity contribution is -0.159. The van der Waals surface area contributed by atoms with Gasteiger partial charge >= 0.3 is 5.97 Å². The average molecular weight is 404 g/mol. The first-order valence-corrected chi connectivity index (χ1v) is 11.0. The summed E-state index contributed by atoms with van der Waals surface area (Å²) in [4.78, 5) is 27.9. The maximum atomic E-state index is 12.3. The minimum atomic E-state index is -1.16. The molecule has 3 saturated carbocycles. The molecule has 0 aromatic rings. The van der Waals surface area contributed by atoms with Gasteiger partial charge in [0, 0.05) is 5.41 Å². The summed E-state index contributed by atoms with van der Waals surface area (Å²) in [5.74, 6) is 0.434. The van der Waals surface area contributed by atoms with Crippen molar-refractivity contribution in [1.29, 1.82) is 0 Å². The minimum absolute atomic E-state index is 0.0663. The lowest BCUT2D eigenvalue weighted by atomic mass is 9.46. The van der Waals surface area contributed by atoms with Crippen LogP contribution in [0, 0.1) is 28.6 Å². The highest BCUT2D eigenvalue weighted by molar-refractivity contribution is 5.96. The standard InChI is InChI=1S/C23H33NO5/c1-14(25)23(28)11-8-19-17-5-4-15-12-16(24-29-13-20(26)27)6-9-21(15,2)18(17)7-10-22(19,23)3/h12,17-19,28H,4-11,13H2,1-3H3,(H,26,27)/b24-16+/t17-,18+,19+,21-,22-,23+/m0/s1. The number of carboxylic acid groups (broad SMARTS) is 1. The average Bonchev–Trinajstić information content (AvgIpc) is 2.94. The molecule has 0 spiro atoms. The Labute approximate surface area is 172 Å². The van der Waals surface area contributed by atoms with Crippen LogP contribution in [0.4, 0.5) is 0 Å². The molecule has 0 radical (unpaired) electrons. The number of fused-ring (bicyclic) bond motifs is 5. The van der Waals surface area contributed by atoms with Crippen molar-refractivity contribution in [2.45, 2.75) is 77.7 Å². The first kappa shape index (κ1) is 20.6. The Morgan fingerprint density at radius 1 is 1.14 bits per heavy atom. The topological polar surface area (TPSA) is 96.2 Å². The molecular weight excluding hydrogens is 370 g/mol. The molecular formula is C23H33NO5. The third-order valence-electron chi connectivity index (χ3n) is 9.08. The quantitative estimate of drug-likeness (QED) is 0.697. The van der Waals surface area contributed by atoms with Gasteiger partial charge < -0.3 is 15.1 Å². The van der Waals surface area contributed by atoms with E-state index >= 15 is 0 Å². The van der Waals surface area contributed by atoms with Crippen molar-refractivity contribution < 1.29 is 24.6 Å². The molecule has 2 N–H and O–H groups in total. The van der Waals surface area contributed by atoms with Gasteiger partial charge in [0.25, 0.3) is 0 Å². The van der Waals surface area contributed by atoms with E-state index in [1.807, 2.05) is 0 Å². The number of hydrogen-bond acceptors (Lipinski definition) is 5. The molecule has 6 heteroatoms. The molecule has 4 rings (SSSR count). The fourth-order valence-corrected chi connectivity index (χ4v) is 7.41. The summed E-state index contributed by atoms with van der Waals surface area (Å²) in [6.07, 6.45) is 9.50. The number of allylic oxidation sites excluding steroid dienone is 2. The van der Waals surface area contributed by atoms with Crippen LogP contribution in [0.5, 0.6) is 0 Å². The summed E-state index contributed by atoms with van der Waals surface area (Å²) in [6.45, 7) is 5.67. The third kappa shape index (κ3) is 2.97. The summed E-state index contributed by atoms with van der Waals surface area (Å²) < 4.78 is 0. The lowest BCUT2D eigenvalue weighted by Crippen LogP contribution is -2.57. The molecule has 29 heavy (non-hydrogen) atoms. The van der Waals surface area contributed by atoms with E-state index in [1.54, 1.807) is 6.92 Å². The monoisotopic (exact) mass is 403 g/mol. The second-order valence-electron chi connectivity index (χ2n) is 10.2. The molecule has 160 valence electrons. The van der Waals surface area contributed by atoms with E-state index in [1.165, 1.54) is 5.57 Å². The van der Waals surface area contributed by atoms with E-state index < -0.39 is 18.2 Å². The Morgan fingerprint density at radius 2 is 1.86 bits per heavy atom. The van der Waals surface area contributed by atoms with Gasteiger partial charge in [-0.05, 0) is 87.5 Å². The molecule has 6 atom stereocenters. The molecule has 0 bridgehead atoms. The summed E-state index contributed by atoms with van der Waals surface area (Å²) in [5, 5.41) is 24.0. The zero-order valence-corrected chi connectivity index (χ0v) is 17.7. The Kier molecular flexibility index (Phi) is 4.92. The normalized spacial score (nSPS) is 45.0. The molecule has 0 aromatic heterocycles. The van der Waals surface area contributed by atoms with Crippen molar-refractivity contribution >= 4 is 17.5 Å². The highest BCUT2D eigenvalue weighted by Crippen LogP contribution is 2.67. The SMILES string of the molecule is CC(=O)[C@]1(O)CC[C@@H]2[C@H]3CCC4=C/C(=N/OCC(=O)O)CC[C@]4(C)[C@@H]3CC[C@@]21C. The molecule has 0 heterocycles. The van der Waals surface area contributed by atoms with Crippen LogP contribution in [0.3, 0.4) is 0 Å². The predicted molar refractivity (Wildman–Crippen MR) is 108 cm³/mol. The Morgan fingerprint density at radius 3 is 2.55 bits per heavy atom. The largest absolute Gasteiger partial charge is 0.479 e. The first-order chi connectivity index (χ1) is 13.6. The van der Waals surface area contributed by atoms with Crippen LogP contribution in [-0.4, -0.2) is 39.9 Å². The fourth-order valence-electron chi connectivity index (χ4n) is 7.41. The Bertz CT molecular complexity index is 788. The highest BCUT2D eigenvalue weighted by Gasteiger charge is 2.65. The number of aliphatic carboxylic acids is 1. The van der Waals surface area contributed by atoms with Gasteiger partial charge in [0.2, 0.25) is 6.61 Å². The van der Waals surface area contributed by atoms with Crippen LogP contribution in [0.2, 0.25) is 0 Å². The Balaban J connectivity index is 1.57. The van der Waals surface area contributed by atoms with Gasteiger partial charge in [0.05, 0.1) is 5.71 Å². The number of nitrogens with zero attached hydrogens (tertiary/aromatic N) is 1. The third-order valence-corrected chi connectivity index (χ3v) is 9.08. The van der Waals surface area contributed by atoms with Crippen LogP contribution in [0.1, 0.15) is 72.1 Å². The van der Waals surface area contributed by atoms with Gasteiger partial charge in [-0.25, -0.2) is 4.79 Å². The van der Waals surface area contributed by atoms with Gasteiger partial charge in [0.1, 0.15) is 5.60 Å². The number of rotatable bonds is 4. The minimum Gasteiger partial charge on any atom is -0.479 e. The van der Waals surface area contributed by atoms with Gasteiger partial charge in [-0.1, -0.05) is 24.6 Å². The van der Waals surface area contributed by atoms with E-state index in [0.29, 0.717) is 24.2 Å². The van der Waals surface area contributed by atoms with E-state index in [-0.39, 0.29) is 16.6 Å². The molecule has 6 nitrogen and oxygen atoms in total. The lowest BCUT2D eigenvalue weighted by Gasteiger charge is -2.59. The van der Waals surface area contributed by atoms with Crippen molar-refractivity contribution in [1.82, 2.24) is 0 Å². The number of ketones is 1. The van der Waals surface area contributed by atoms with Gasteiger partial charge in [-0.15, -0.1) is 0 Å². The van der Waals surface area contributed by atoms with E-state index in [2.05, 4.69) is 25.1 Å². The first-order valence-electron chi connectivity index (χ1n) is 11.0. The maximum Gasteiger partial charge on any atom is 0.344 e. The summed E-state index contributed by atoms with van der Waals surface area (Å²) in [6, 6.07) is 0.